The van der Waals surface area contributed by atoms with Crippen LogP contribution in [-0.4, -0.2) is 5.78 Å². The molecule has 2 rings (SSSR count). The molecule has 0 aliphatic heterocycles. The highest BCUT2D eigenvalue weighted by atomic mass is 16.1. The minimum absolute atomic E-state index is 0.314. The van der Waals surface area contributed by atoms with Crippen LogP contribution in [0.25, 0.3) is 5.57 Å². The molecule has 0 amide bonds. The fraction of sp³-hybridized carbons (Fsp3) is 0.571. The normalized spacial score (nSPS) is 22.2. The van der Waals surface area contributed by atoms with E-state index in [1.807, 2.05) is 12.1 Å². The Bertz CT molecular complexity index is 458. The molecule has 1 aliphatic rings. The Hall–Kier alpha value is -1.37. The third-order valence-corrected chi connectivity index (χ3v) is 4.60. The summed E-state index contributed by atoms with van der Waals surface area (Å²) < 4.78 is 0. The summed E-state index contributed by atoms with van der Waals surface area (Å²) in [4.78, 5) is 12.2. The second kappa shape index (κ2) is 10.4. The van der Waals surface area contributed by atoms with Crippen LogP contribution in [0.15, 0.2) is 36.4 Å². The maximum Gasteiger partial charge on any atom is 0.155 e. The van der Waals surface area contributed by atoms with Crippen LogP contribution < -0.4 is 0 Å². The Balaban J connectivity index is 2.01. The fourth-order valence-electron chi connectivity index (χ4n) is 3.25. The van der Waals surface area contributed by atoms with E-state index >= 15 is 0 Å². The predicted molar refractivity (Wildman–Crippen MR) is 94.8 cm³/mol. The minimum Gasteiger partial charge on any atom is -0.295 e. The summed E-state index contributed by atoms with van der Waals surface area (Å²) in [6.07, 6.45) is 16.6. The maximum atomic E-state index is 12.2. The summed E-state index contributed by atoms with van der Waals surface area (Å²) >= 11 is 0. The van der Waals surface area contributed by atoms with Gasteiger partial charge in [0.05, 0.1) is 0 Å². The van der Waals surface area contributed by atoms with E-state index in [4.69, 9.17) is 0 Å². The van der Waals surface area contributed by atoms with Gasteiger partial charge in [-0.2, -0.15) is 0 Å². The lowest BCUT2D eigenvalue weighted by atomic mass is 9.97. The topological polar surface area (TPSA) is 17.1 Å². The zero-order chi connectivity index (χ0) is 15.5. The molecule has 120 valence electrons. The highest BCUT2D eigenvalue weighted by Crippen LogP contribution is 2.23. The molecule has 22 heavy (non-hydrogen) atoms. The van der Waals surface area contributed by atoms with Crippen LogP contribution in [0, 0.1) is 0 Å². The van der Waals surface area contributed by atoms with Crippen LogP contribution in [-0.2, 0) is 4.79 Å². The number of allylic oxidation sites excluding steroid dienone is 2. The first kappa shape index (κ1) is 17.0. The molecule has 1 heteroatoms. The van der Waals surface area contributed by atoms with Crippen molar-refractivity contribution in [2.45, 2.75) is 77.0 Å². The molecule has 0 heterocycles. The molecular weight excluding hydrogens is 268 g/mol. The summed E-state index contributed by atoms with van der Waals surface area (Å²) in [5.74, 6) is 0.314. The first-order valence-corrected chi connectivity index (χ1v) is 9.15. The monoisotopic (exact) mass is 298 g/mol. The van der Waals surface area contributed by atoms with Crippen LogP contribution in [0.5, 0.6) is 0 Å². The van der Waals surface area contributed by atoms with Gasteiger partial charge in [0.2, 0.25) is 0 Å². The fourth-order valence-corrected chi connectivity index (χ4v) is 3.25. The van der Waals surface area contributed by atoms with E-state index in [-0.39, 0.29) is 0 Å². The first-order valence-electron chi connectivity index (χ1n) is 9.15. The van der Waals surface area contributed by atoms with E-state index in [2.05, 4.69) is 24.3 Å². The number of ketones is 1. The summed E-state index contributed by atoms with van der Waals surface area (Å²) in [7, 11) is 0. The Morgan fingerprint density at radius 2 is 1.09 bits per heavy atom. The van der Waals surface area contributed by atoms with Gasteiger partial charge in [-0.25, -0.2) is 0 Å². The van der Waals surface area contributed by atoms with Gasteiger partial charge in [-0.15, -0.1) is 0 Å². The van der Waals surface area contributed by atoms with Crippen LogP contribution >= 0.6 is 0 Å². The van der Waals surface area contributed by atoms with E-state index in [0.29, 0.717) is 5.78 Å². The molecule has 0 atom stereocenters. The lowest BCUT2D eigenvalue weighted by Crippen LogP contribution is -1.96. The second-order valence-electron chi connectivity index (χ2n) is 6.54. The molecule has 0 aromatic heterocycles. The average Bonchev–Trinajstić information content (AvgIpc) is 2.55. The molecule has 0 saturated heterocycles. The van der Waals surface area contributed by atoms with Crippen molar-refractivity contribution < 1.29 is 4.79 Å². The zero-order valence-electron chi connectivity index (χ0n) is 13.9. The zero-order valence-corrected chi connectivity index (χ0v) is 13.9. The van der Waals surface area contributed by atoms with E-state index in [1.165, 1.54) is 68.9 Å². The molecule has 1 nitrogen and oxygen atoms in total. The molecule has 0 bridgehead atoms. The molecule has 0 N–H and O–H groups in total. The Kier molecular flexibility index (Phi) is 8.01. The standard InChI is InChI=1S/C21H30O/c22-21-17-13-8-6-4-2-1-3-5-7-10-16-20(18-21)19-14-11-9-12-15-19/h9,11-12,14-15,18H,1-8,10,13,16-17H2/b20-18+. The highest BCUT2D eigenvalue weighted by molar-refractivity contribution is 5.96. The largest absolute Gasteiger partial charge is 0.295 e. The molecule has 0 fully saturated rings. The third-order valence-electron chi connectivity index (χ3n) is 4.60. The summed E-state index contributed by atoms with van der Waals surface area (Å²) in [6.45, 7) is 0. The van der Waals surface area contributed by atoms with Crippen molar-refractivity contribution in [2.24, 2.45) is 0 Å². The van der Waals surface area contributed by atoms with Gasteiger partial charge in [0, 0.05) is 6.42 Å². The minimum atomic E-state index is 0.314. The van der Waals surface area contributed by atoms with Crippen molar-refractivity contribution in [3.05, 3.63) is 42.0 Å². The van der Waals surface area contributed by atoms with Gasteiger partial charge in [0.15, 0.2) is 5.78 Å². The number of hydrogen-bond donors (Lipinski definition) is 0. The van der Waals surface area contributed by atoms with Gasteiger partial charge in [-0.05, 0) is 36.5 Å². The number of carbonyl (C=O) groups is 1. The van der Waals surface area contributed by atoms with Crippen LogP contribution in [0.3, 0.4) is 0 Å². The molecular formula is C21H30O. The van der Waals surface area contributed by atoms with Gasteiger partial charge in [-0.3, -0.25) is 4.79 Å². The van der Waals surface area contributed by atoms with Crippen molar-refractivity contribution in [1.82, 2.24) is 0 Å². The lowest BCUT2D eigenvalue weighted by Gasteiger charge is -2.08. The molecule has 0 radical (unpaired) electrons. The van der Waals surface area contributed by atoms with E-state index in [0.717, 1.165) is 19.3 Å². The van der Waals surface area contributed by atoms with Gasteiger partial charge in [0.1, 0.15) is 0 Å². The summed E-state index contributed by atoms with van der Waals surface area (Å²) in [5.41, 5.74) is 2.46. The summed E-state index contributed by atoms with van der Waals surface area (Å²) in [6, 6.07) is 10.4. The highest BCUT2D eigenvalue weighted by Gasteiger charge is 2.06. The van der Waals surface area contributed by atoms with Crippen LogP contribution in [0.2, 0.25) is 0 Å². The van der Waals surface area contributed by atoms with Crippen molar-refractivity contribution in [3.63, 3.8) is 0 Å². The predicted octanol–water partition coefficient (Wildman–Crippen LogP) is 6.33. The summed E-state index contributed by atoms with van der Waals surface area (Å²) in [5, 5.41) is 0. The molecule has 1 aromatic carbocycles. The number of carbonyl (C=O) groups excluding carboxylic acids is 1. The Labute approximate surface area is 135 Å². The van der Waals surface area contributed by atoms with Gasteiger partial charge < -0.3 is 0 Å². The van der Waals surface area contributed by atoms with Crippen molar-refractivity contribution in [1.29, 1.82) is 0 Å². The van der Waals surface area contributed by atoms with E-state index < -0.39 is 0 Å². The van der Waals surface area contributed by atoms with E-state index in [1.54, 1.807) is 0 Å². The quantitative estimate of drug-likeness (QED) is 0.591. The number of benzene rings is 1. The van der Waals surface area contributed by atoms with Crippen molar-refractivity contribution >= 4 is 11.4 Å². The maximum absolute atomic E-state index is 12.2. The van der Waals surface area contributed by atoms with Gasteiger partial charge in [-0.1, -0.05) is 81.7 Å². The van der Waals surface area contributed by atoms with Crippen molar-refractivity contribution in [2.75, 3.05) is 0 Å². The van der Waals surface area contributed by atoms with Crippen molar-refractivity contribution in [3.8, 4) is 0 Å². The molecule has 1 aromatic rings. The molecule has 0 unspecified atom stereocenters. The SMILES string of the molecule is O=C1/C=C(/c2ccccc2)CCCCCCCCCCCC1. The first-order chi connectivity index (χ1) is 10.9. The third kappa shape index (κ3) is 6.60. The van der Waals surface area contributed by atoms with Gasteiger partial charge in [0.25, 0.3) is 0 Å². The molecule has 0 spiro atoms. The van der Waals surface area contributed by atoms with Crippen LogP contribution in [0.4, 0.5) is 0 Å². The smallest absolute Gasteiger partial charge is 0.155 e. The van der Waals surface area contributed by atoms with Crippen LogP contribution in [0.1, 0.15) is 82.6 Å². The molecule has 1 aliphatic carbocycles. The molecule has 0 saturated carbocycles. The number of rotatable bonds is 1. The lowest BCUT2D eigenvalue weighted by molar-refractivity contribution is -0.114. The Morgan fingerprint density at radius 1 is 0.591 bits per heavy atom. The Morgan fingerprint density at radius 3 is 1.68 bits per heavy atom. The van der Waals surface area contributed by atoms with E-state index in [9.17, 15) is 4.79 Å². The second-order valence-corrected chi connectivity index (χ2v) is 6.54. The van der Waals surface area contributed by atoms with Gasteiger partial charge >= 0.3 is 0 Å². The number of hydrogen-bond acceptors (Lipinski definition) is 1. The average molecular weight is 298 g/mol.